The summed E-state index contributed by atoms with van der Waals surface area (Å²) in [5, 5.41) is 19.0. The number of nitrogens with zero attached hydrogens (tertiary/aromatic N) is 3. The van der Waals surface area contributed by atoms with E-state index in [0.29, 0.717) is 16.1 Å². The van der Waals surface area contributed by atoms with Gasteiger partial charge in [-0.15, -0.1) is 10.2 Å². The maximum absolute atomic E-state index is 11.4. The predicted molar refractivity (Wildman–Crippen MR) is 83.5 cm³/mol. The highest BCUT2D eigenvalue weighted by atomic mass is 35.5. The molecule has 3 rings (SSSR count). The fourth-order valence-electron chi connectivity index (χ4n) is 2.21. The minimum Gasteiger partial charge on any atom is -0.493 e. The van der Waals surface area contributed by atoms with Gasteiger partial charge in [-0.1, -0.05) is 11.6 Å². The molecule has 112 valence electrons. The molecule has 0 aliphatic heterocycles. The van der Waals surface area contributed by atoms with E-state index >= 15 is 0 Å². The molecule has 0 fully saturated rings. The highest BCUT2D eigenvalue weighted by Crippen LogP contribution is 2.38. The van der Waals surface area contributed by atoms with Crippen LogP contribution in [0.5, 0.6) is 5.88 Å². The average molecular weight is 318 g/mol. The minimum atomic E-state index is -0.316. The van der Waals surface area contributed by atoms with Gasteiger partial charge in [-0.2, -0.15) is 0 Å². The van der Waals surface area contributed by atoms with Gasteiger partial charge in [-0.25, -0.2) is 4.98 Å². The van der Waals surface area contributed by atoms with Crippen molar-refractivity contribution in [3.63, 3.8) is 0 Å². The van der Waals surface area contributed by atoms with Crippen molar-refractivity contribution in [2.24, 2.45) is 10.2 Å². The molecule has 2 heterocycles. The van der Waals surface area contributed by atoms with Crippen LogP contribution < -0.4 is 5.56 Å². The molecule has 2 aromatic heterocycles. The van der Waals surface area contributed by atoms with Gasteiger partial charge in [0.25, 0.3) is 5.56 Å². The lowest BCUT2D eigenvalue weighted by Gasteiger charge is -1.97. The van der Waals surface area contributed by atoms with Crippen molar-refractivity contribution in [3.05, 3.63) is 44.8 Å². The van der Waals surface area contributed by atoms with Gasteiger partial charge < -0.3 is 10.1 Å². The van der Waals surface area contributed by atoms with Crippen LogP contribution in [-0.2, 0) is 0 Å². The van der Waals surface area contributed by atoms with Gasteiger partial charge in [0.2, 0.25) is 11.8 Å². The smallest absolute Gasteiger partial charge is 0.252 e. The highest BCUT2D eigenvalue weighted by molar-refractivity contribution is 6.31. The summed E-state index contributed by atoms with van der Waals surface area (Å²) in [7, 11) is 0. The first-order valence-corrected chi connectivity index (χ1v) is 6.82. The Bertz CT molecular complexity index is 958. The second-order valence-electron chi connectivity index (χ2n) is 4.88. The number of H-pyrrole nitrogens is 2. The molecule has 0 aliphatic carbocycles. The SMILES string of the molecule is Cc1cc(=O)[nH]c(N=Nc2c(O)[nH]c3c(C)cc(Cl)cc23)n1. The van der Waals surface area contributed by atoms with Gasteiger partial charge in [0, 0.05) is 22.2 Å². The van der Waals surface area contributed by atoms with Gasteiger partial charge >= 0.3 is 0 Å². The molecule has 0 bridgehead atoms. The number of fused-ring (bicyclic) bond motifs is 1. The van der Waals surface area contributed by atoms with E-state index < -0.39 is 0 Å². The summed E-state index contributed by atoms with van der Waals surface area (Å²) < 4.78 is 0. The zero-order valence-corrected chi connectivity index (χ0v) is 12.6. The van der Waals surface area contributed by atoms with Crippen molar-refractivity contribution in [1.29, 1.82) is 0 Å². The Hall–Kier alpha value is -2.67. The van der Waals surface area contributed by atoms with Crippen molar-refractivity contribution < 1.29 is 5.11 Å². The summed E-state index contributed by atoms with van der Waals surface area (Å²) in [6, 6.07) is 4.81. The maximum atomic E-state index is 11.4. The monoisotopic (exact) mass is 317 g/mol. The second-order valence-corrected chi connectivity index (χ2v) is 5.31. The van der Waals surface area contributed by atoms with Gasteiger partial charge in [0.05, 0.1) is 5.52 Å². The molecule has 8 heteroatoms. The number of rotatable bonds is 2. The van der Waals surface area contributed by atoms with Crippen LogP contribution >= 0.6 is 11.6 Å². The number of azo groups is 1. The number of benzene rings is 1. The Morgan fingerprint density at radius 1 is 1.18 bits per heavy atom. The Kier molecular flexibility index (Phi) is 3.42. The molecule has 1 aromatic carbocycles. The Morgan fingerprint density at radius 2 is 1.95 bits per heavy atom. The molecule has 7 nitrogen and oxygen atoms in total. The van der Waals surface area contributed by atoms with E-state index in [1.165, 1.54) is 6.07 Å². The molecule has 0 aliphatic rings. The second kappa shape index (κ2) is 5.27. The fraction of sp³-hybridized carbons (Fsp3) is 0.143. The van der Waals surface area contributed by atoms with E-state index in [1.807, 2.05) is 6.92 Å². The summed E-state index contributed by atoms with van der Waals surface area (Å²) in [6.07, 6.45) is 0. The predicted octanol–water partition coefficient (Wildman–Crippen LogP) is 3.64. The number of hydrogen-bond acceptors (Lipinski definition) is 5. The van der Waals surface area contributed by atoms with Gasteiger partial charge in [-0.3, -0.25) is 9.78 Å². The van der Waals surface area contributed by atoms with E-state index in [1.54, 1.807) is 19.1 Å². The van der Waals surface area contributed by atoms with Crippen LogP contribution in [-0.4, -0.2) is 20.1 Å². The molecule has 3 N–H and O–H groups in total. The molecule has 0 spiro atoms. The lowest BCUT2D eigenvalue weighted by molar-refractivity contribution is 0.459. The number of nitrogens with one attached hydrogen (secondary N) is 2. The van der Waals surface area contributed by atoms with Crippen LogP contribution in [0.15, 0.2) is 33.2 Å². The number of aromatic hydroxyl groups is 1. The first kappa shape index (κ1) is 14.3. The normalized spacial score (nSPS) is 11.6. The molecule has 0 atom stereocenters. The van der Waals surface area contributed by atoms with Gasteiger partial charge in [-0.05, 0) is 31.5 Å². The van der Waals surface area contributed by atoms with Crippen molar-refractivity contribution >= 4 is 34.1 Å². The van der Waals surface area contributed by atoms with E-state index in [0.717, 1.165) is 11.1 Å². The van der Waals surface area contributed by atoms with Crippen LogP contribution in [0, 0.1) is 13.8 Å². The fourth-order valence-corrected chi connectivity index (χ4v) is 2.48. The van der Waals surface area contributed by atoms with Crippen LogP contribution in [0.2, 0.25) is 5.02 Å². The number of halogens is 1. The minimum absolute atomic E-state index is 0.0671. The van der Waals surface area contributed by atoms with E-state index in [4.69, 9.17) is 11.6 Å². The molecule has 3 aromatic rings. The third-order valence-corrected chi connectivity index (χ3v) is 3.34. The topological polar surface area (TPSA) is 106 Å². The van der Waals surface area contributed by atoms with Crippen molar-refractivity contribution in [2.45, 2.75) is 13.8 Å². The Labute approximate surface area is 129 Å². The quantitative estimate of drug-likeness (QED) is 0.628. The average Bonchev–Trinajstić information content (AvgIpc) is 2.72. The zero-order valence-electron chi connectivity index (χ0n) is 11.8. The largest absolute Gasteiger partial charge is 0.493 e. The van der Waals surface area contributed by atoms with E-state index in [-0.39, 0.29) is 23.1 Å². The Balaban J connectivity index is 2.12. The standard InChI is InChI=1S/C14H12ClN5O2/c1-6-3-8(15)5-9-11(6)18-13(22)12(9)19-20-14-16-7(2)4-10(21)17-14/h3-5,18,22H,1-2H3,(H,16,17,21). The first-order valence-electron chi connectivity index (χ1n) is 6.44. The first-order chi connectivity index (χ1) is 10.4. The number of aryl methyl sites for hydroxylation is 2. The summed E-state index contributed by atoms with van der Waals surface area (Å²) in [4.78, 5) is 20.7. The summed E-state index contributed by atoms with van der Waals surface area (Å²) >= 11 is 6.04. The molecule has 22 heavy (non-hydrogen) atoms. The lowest BCUT2D eigenvalue weighted by Crippen LogP contribution is -2.05. The number of hydrogen-bond donors (Lipinski definition) is 3. The third kappa shape index (κ3) is 2.58. The van der Waals surface area contributed by atoms with E-state index in [2.05, 4.69) is 25.2 Å². The number of aromatic nitrogens is 3. The number of aromatic amines is 2. The van der Waals surface area contributed by atoms with Crippen molar-refractivity contribution in [1.82, 2.24) is 15.0 Å². The molecule has 0 saturated carbocycles. The lowest BCUT2D eigenvalue weighted by atomic mass is 10.1. The third-order valence-electron chi connectivity index (χ3n) is 3.13. The molecule has 0 unspecified atom stereocenters. The van der Waals surface area contributed by atoms with E-state index in [9.17, 15) is 9.90 Å². The maximum Gasteiger partial charge on any atom is 0.252 e. The van der Waals surface area contributed by atoms with Crippen LogP contribution in [0.25, 0.3) is 10.9 Å². The highest BCUT2D eigenvalue weighted by Gasteiger charge is 2.13. The molecule has 0 saturated heterocycles. The summed E-state index contributed by atoms with van der Waals surface area (Å²) in [5.41, 5.74) is 2.05. The van der Waals surface area contributed by atoms with Crippen LogP contribution in [0.4, 0.5) is 11.6 Å². The summed E-state index contributed by atoms with van der Waals surface area (Å²) in [6.45, 7) is 3.55. The van der Waals surface area contributed by atoms with Gasteiger partial charge in [0.15, 0.2) is 5.69 Å². The molecule has 0 radical (unpaired) electrons. The van der Waals surface area contributed by atoms with Gasteiger partial charge in [0.1, 0.15) is 0 Å². The zero-order chi connectivity index (χ0) is 15.9. The Morgan fingerprint density at radius 3 is 2.68 bits per heavy atom. The van der Waals surface area contributed by atoms with Crippen LogP contribution in [0.1, 0.15) is 11.3 Å². The van der Waals surface area contributed by atoms with Crippen molar-refractivity contribution in [3.8, 4) is 5.88 Å². The van der Waals surface area contributed by atoms with Crippen LogP contribution in [0.3, 0.4) is 0 Å². The molecular formula is C14H12ClN5O2. The van der Waals surface area contributed by atoms with Crippen molar-refractivity contribution in [2.75, 3.05) is 0 Å². The summed E-state index contributed by atoms with van der Waals surface area (Å²) in [5.74, 6) is -0.0587. The molecular weight excluding hydrogens is 306 g/mol. The molecule has 0 amide bonds.